The zero-order chi connectivity index (χ0) is 20.5. The third-order valence-electron chi connectivity index (χ3n) is 5.41. The summed E-state index contributed by atoms with van der Waals surface area (Å²) in [5.74, 6) is 1.73. The predicted octanol–water partition coefficient (Wildman–Crippen LogP) is 6.15. The van der Waals surface area contributed by atoms with E-state index in [1.165, 1.54) is 0 Å². The van der Waals surface area contributed by atoms with Crippen molar-refractivity contribution in [2.24, 2.45) is 5.10 Å². The van der Waals surface area contributed by atoms with Gasteiger partial charge in [-0.15, -0.1) is 0 Å². The summed E-state index contributed by atoms with van der Waals surface area (Å²) in [6, 6.07) is 24.2. The summed E-state index contributed by atoms with van der Waals surface area (Å²) in [4.78, 5) is 0. The molecule has 0 radical (unpaired) electrons. The van der Waals surface area contributed by atoms with Crippen LogP contribution < -0.4 is 9.47 Å². The minimum absolute atomic E-state index is 0.127. The van der Waals surface area contributed by atoms with Crippen LogP contribution in [0.2, 0.25) is 5.02 Å². The number of para-hydroxylation sites is 1. The van der Waals surface area contributed by atoms with E-state index >= 15 is 0 Å². The molecule has 2 aliphatic heterocycles. The number of halogens is 1. The van der Waals surface area contributed by atoms with Crippen LogP contribution in [-0.2, 0) is 0 Å². The van der Waals surface area contributed by atoms with Gasteiger partial charge in [-0.3, -0.25) is 0 Å². The largest absolute Gasteiger partial charge is 0.490 e. The highest BCUT2D eigenvalue weighted by atomic mass is 35.5. The van der Waals surface area contributed by atoms with E-state index in [4.69, 9.17) is 26.2 Å². The van der Waals surface area contributed by atoms with E-state index in [2.05, 4.69) is 29.8 Å². The Labute approximate surface area is 181 Å². The molecule has 2 heterocycles. The summed E-state index contributed by atoms with van der Waals surface area (Å²) in [6.45, 7) is 4.18. The molecule has 0 fully saturated rings. The fourth-order valence-corrected chi connectivity index (χ4v) is 4.08. The van der Waals surface area contributed by atoms with Crippen molar-refractivity contribution in [3.8, 4) is 11.5 Å². The predicted molar refractivity (Wildman–Crippen MR) is 119 cm³/mol. The lowest BCUT2D eigenvalue weighted by atomic mass is 9.96. The number of hydrogen-bond donors (Lipinski definition) is 0. The Morgan fingerprint density at radius 3 is 2.60 bits per heavy atom. The number of benzene rings is 3. The van der Waals surface area contributed by atoms with Crippen molar-refractivity contribution < 1.29 is 9.47 Å². The van der Waals surface area contributed by atoms with Crippen LogP contribution in [0, 0.1) is 0 Å². The number of fused-ring (bicyclic) bond motifs is 3. The van der Waals surface area contributed by atoms with Gasteiger partial charge in [0.25, 0.3) is 0 Å². The molecule has 2 aliphatic rings. The fraction of sp³-hybridized carbons (Fsp3) is 0.160. The normalized spacial score (nSPS) is 19.4. The molecule has 0 spiro atoms. The highest BCUT2D eigenvalue weighted by Gasteiger charge is 2.40. The zero-order valence-corrected chi connectivity index (χ0v) is 17.1. The summed E-state index contributed by atoms with van der Waals surface area (Å²) in [5, 5.41) is 7.76. The average molecular weight is 417 g/mol. The van der Waals surface area contributed by atoms with E-state index in [1.807, 2.05) is 54.6 Å². The van der Waals surface area contributed by atoms with Gasteiger partial charge in [-0.05, 0) is 48.0 Å². The molecule has 30 heavy (non-hydrogen) atoms. The van der Waals surface area contributed by atoms with E-state index < -0.39 is 0 Å². The minimum Gasteiger partial charge on any atom is -0.490 e. The minimum atomic E-state index is -0.296. The number of ether oxygens (including phenoxy) is 2. The summed E-state index contributed by atoms with van der Waals surface area (Å²) in [5.41, 5.74) is 4.31. The van der Waals surface area contributed by atoms with Crippen molar-refractivity contribution in [1.29, 1.82) is 0 Å². The molecule has 0 unspecified atom stereocenters. The number of rotatable bonds is 5. The monoisotopic (exact) mass is 416 g/mol. The second-order valence-corrected chi connectivity index (χ2v) is 7.77. The van der Waals surface area contributed by atoms with E-state index in [0.29, 0.717) is 11.6 Å². The third-order valence-corrected chi connectivity index (χ3v) is 5.66. The Balaban J connectivity index is 1.49. The second kappa shape index (κ2) is 7.88. The highest BCUT2D eigenvalue weighted by molar-refractivity contribution is 6.30. The molecule has 4 nitrogen and oxygen atoms in total. The molecule has 150 valence electrons. The summed E-state index contributed by atoms with van der Waals surface area (Å²) < 4.78 is 12.0. The quantitative estimate of drug-likeness (QED) is 0.468. The van der Waals surface area contributed by atoms with Crippen LogP contribution in [-0.4, -0.2) is 17.3 Å². The van der Waals surface area contributed by atoms with Crippen LogP contribution in [0.3, 0.4) is 0 Å². The van der Waals surface area contributed by atoms with Crippen molar-refractivity contribution in [2.45, 2.75) is 18.7 Å². The van der Waals surface area contributed by atoms with Crippen molar-refractivity contribution in [1.82, 2.24) is 5.01 Å². The smallest absolute Gasteiger partial charge is 0.213 e. The van der Waals surface area contributed by atoms with Gasteiger partial charge in [-0.2, -0.15) is 5.10 Å². The van der Waals surface area contributed by atoms with Crippen LogP contribution in [0.4, 0.5) is 0 Å². The van der Waals surface area contributed by atoms with Crippen LogP contribution >= 0.6 is 11.6 Å². The van der Waals surface area contributed by atoms with Crippen LogP contribution in [0.1, 0.15) is 35.4 Å². The fourth-order valence-electron chi connectivity index (χ4n) is 3.95. The van der Waals surface area contributed by atoms with Gasteiger partial charge in [-0.25, -0.2) is 5.01 Å². The van der Waals surface area contributed by atoms with Crippen molar-refractivity contribution in [3.63, 3.8) is 0 Å². The van der Waals surface area contributed by atoms with Crippen LogP contribution in [0.25, 0.3) is 0 Å². The van der Waals surface area contributed by atoms with E-state index in [9.17, 15) is 0 Å². The molecular formula is C25H21ClN2O2. The Bertz CT molecular complexity index is 1090. The number of hydrogen-bond acceptors (Lipinski definition) is 4. The Kier molecular flexibility index (Phi) is 4.93. The maximum absolute atomic E-state index is 6.37. The van der Waals surface area contributed by atoms with Crippen molar-refractivity contribution >= 4 is 17.3 Å². The summed E-state index contributed by atoms with van der Waals surface area (Å²) in [6.07, 6.45) is 2.26. The molecular weight excluding hydrogens is 396 g/mol. The maximum atomic E-state index is 6.37. The van der Waals surface area contributed by atoms with Gasteiger partial charge < -0.3 is 9.47 Å². The SMILES string of the molecule is C=CCOc1ccc(C2=NN3[C@@H](C2)c2ccccc2O[C@H]3c2ccc(Cl)cc2)cc1. The van der Waals surface area contributed by atoms with Gasteiger partial charge in [0.05, 0.1) is 11.8 Å². The van der Waals surface area contributed by atoms with Gasteiger partial charge in [0.1, 0.15) is 18.1 Å². The molecule has 0 bridgehead atoms. The maximum Gasteiger partial charge on any atom is 0.213 e. The van der Waals surface area contributed by atoms with Gasteiger partial charge in [0, 0.05) is 22.6 Å². The van der Waals surface area contributed by atoms with Crippen LogP contribution in [0.15, 0.2) is 90.6 Å². The molecule has 0 amide bonds. The van der Waals surface area contributed by atoms with Crippen molar-refractivity contribution in [2.75, 3.05) is 6.61 Å². The Morgan fingerprint density at radius 1 is 1.07 bits per heavy atom. The summed E-state index contributed by atoms with van der Waals surface area (Å²) in [7, 11) is 0. The molecule has 3 aromatic rings. The van der Waals surface area contributed by atoms with E-state index in [1.54, 1.807) is 6.08 Å². The lowest BCUT2D eigenvalue weighted by Gasteiger charge is -2.38. The first kappa shape index (κ1) is 18.8. The molecule has 0 saturated heterocycles. The number of nitrogens with zero attached hydrogens (tertiary/aromatic N) is 2. The lowest BCUT2D eigenvalue weighted by Crippen LogP contribution is -2.33. The first-order valence-electron chi connectivity index (χ1n) is 9.94. The van der Waals surface area contributed by atoms with Crippen LogP contribution in [0.5, 0.6) is 11.5 Å². The lowest BCUT2D eigenvalue weighted by molar-refractivity contribution is -0.0190. The van der Waals surface area contributed by atoms with E-state index in [0.717, 1.165) is 40.3 Å². The molecule has 0 aliphatic carbocycles. The highest BCUT2D eigenvalue weighted by Crippen LogP contribution is 2.47. The average Bonchev–Trinajstić information content (AvgIpc) is 3.24. The first-order chi connectivity index (χ1) is 14.7. The molecule has 5 heteroatoms. The topological polar surface area (TPSA) is 34.1 Å². The van der Waals surface area contributed by atoms with Gasteiger partial charge in [0.2, 0.25) is 6.23 Å². The Hall–Kier alpha value is -3.24. The summed E-state index contributed by atoms with van der Waals surface area (Å²) >= 11 is 6.09. The van der Waals surface area contributed by atoms with Gasteiger partial charge in [0.15, 0.2) is 0 Å². The van der Waals surface area contributed by atoms with E-state index in [-0.39, 0.29) is 12.3 Å². The molecule has 0 N–H and O–H groups in total. The van der Waals surface area contributed by atoms with Gasteiger partial charge >= 0.3 is 0 Å². The molecule has 0 saturated carbocycles. The third kappa shape index (κ3) is 3.44. The van der Waals surface area contributed by atoms with Gasteiger partial charge in [-0.1, -0.05) is 54.6 Å². The second-order valence-electron chi connectivity index (χ2n) is 7.33. The molecule has 3 aromatic carbocycles. The first-order valence-corrected chi connectivity index (χ1v) is 10.3. The molecule has 2 atom stereocenters. The molecule has 0 aromatic heterocycles. The standard InChI is InChI=1S/C25H21ClN2O2/c1-2-15-29-20-13-9-17(10-14-20)22-16-23-21-5-3-4-6-24(21)30-25(28(23)27-22)18-7-11-19(26)12-8-18/h2-14,23,25H,1,15-16H2/t23-,25-/m0/s1. The number of hydrazone groups is 1. The van der Waals surface area contributed by atoms with Crippen molar-refractivity contribution in [3.05, 3.63) is 107 Å². The Morgan fingerprint density at radius 2 is 1.83 bits per heavy atom. The zero-order valence-electron chi connectivity index (χ0n) is 16.4. The molecule has 5 rings (SSSR count).